The molecule has 0 spiro atoms. The second-order valence-corrected chi connectivity index (χ2v) is 8.13. The summed E-state index contributed by atoms with van der Waals surface area (Å²) in [5, 5.41) is 18.5. The minimum absolute atomic E-state index is 0.0883. The van der Waals surface area contributed by atoms with E-state index in [4.69, 9.17) is 9.47 Å². The molecule has 1 aliphatic rings. The first-order valence-electron chi connectivity index (χ1n) is 11.5. The van der Waals surface area contributed by atoms with Crippen LogP contribution in [0.1, 0.15) is 17.2 Å². The van der Waals surface area contributed by atoms with Crippen molar-refractivity contribution in [1.82, 2.24) is 20.9 Å². The maximum Gasteiger partial charge on any atom is 0.407 e. The van der Waals surface area contributed by atoms with E-state index in [1.807, 2.05) is 48.5 Å². The summed E-state index contributed by atoms with van der Waals surface area (Å²) in [6, 6.07) is 17.7. The molecular weight excluding hydrogens is 452 g/mol. The third-order valence-electron chi connectivity index (χ3n) is 5.48. The minimum Gasteiger partial charge on any atom is -0.445 e. The van der Waals surface area contributed by atoms with Crippen molar-refractivity contribution in [1.29, 1.82) is 0 Å². The van der Waals surface area contributed by atoms with Gasteiger partial charge in [0, 0.05) is 19.6 Å². The summed E-state index contributed by atoms with van der Waals surface area (Å²) in [5.41, 5.74) is 1.52. The van der Waals surface area contributed by atoms with Crippen LogP contribution in [0.5, 0.6) is 0 Å². The Balaban J connectivity index is 1.42. The summed E-state index contributed by atoms with van der Waals surface area (Å²) in [6.07, 6.45) is -1.65. The maximum absolute atomic E-state index is 12.5. The number of carbonyl (C=O) groups excluding carboxylic acids is 3. The predicted octanol–water partition coefficient (Wildman–Crippen LogP) is 0.580. The SMILES string of the molecule is O=C(CNC(=O)OCc1ccccc1)NCC(=O)NC(CN1CCOCC1)C(O)c1ccccc1. The largest absolute Gasteiger partial charge is 0.445 e. The molecule has 0 aromatic heterocycles. The monoisotopic (exact) mass is 484 g/mol. The number of aliphatic hydroxyl groups excluding tert-OH is 1. The van der Waals surface area contributed by atoms with Crippen LogP contribution in [0, 0.1) is 0 Å². The lowest BCUT2D eigenvalue weighted by molar-refractivity contribution is -0.126. The zero-order valence-electron chi connectivity index (χ0n) is 19.5. The van der Waals surface area contributed by atoms with Crippen molar-refractivity contribution in [3.8, 4) is 0 Å². The zero-order chi connectivity index (χ0) is 24.9. The number of nitrogens with zero attached hydrogens (tertiary/aromatic N) is 1. The molecule has 1 fully saturated rings. The molecule has 4 N–H and O–H groups in total. The second kappa shape index (κ2) is 14.1. The standard InChI is InChI=1S/C25H32N4O6/c30-22(15-27-25(33)35-18-19-7-3-1-4-8-19)26-16-23(31)28-21(17-29-11-13-34-14-12-29)24(32)20-9-5-2-6-10-20/h1-10,21,24,32H,11-18H2,(H,26,30)(H,27,33)(H,28,31). The number of carbonyl (C=O) groups is 3. The van der Waals surface area contributed by atoms with Crippen LogP contribution in [0.25, 0.3) is 0 Å². The van der Waals surface area contributed by atoms with Crippen molar-refractivity contribution in [3.63, 3.8) is 0 Å². The van der Waals surface area contributed by atoms with Gasteiger partial charge in [0.2, 0.25) is 11.8 Å². The Hall–Kier alpha value is -3.47. The maximum atomic E-state index is 12.5. The number of hydrogen-bond acceptors (Lipinski definition) is 7. The molecule has 1 saturated heterocycles. The summed E-state index contributed by atoms with van der Waals surface area (Å²) in [5.74, 6) is -0.983. The molecule has 188 valence electrons. The van der Waals surface area contributed by atoms with Crippen LogP contribution >= 0.6 is 0 Å². The molecule has 0 bridgehead atoms. The van der Waals surface area contributed by atoms with Gasteiger partial charge in [-0.1, -0.05) is 60.7 Å². The van der Waals surface area contributed by atoms with Crippen LogP contribution < -0.4 is 16.0 Å². The van der Waals surface area contributed by atoms with Gasteiger partial charge in [-0.05, 0) is 11.1 Å². The van der Waals surface area contributed by atoms with Crippen molar-refractivity contribution < 1.29 is 29.0 Å². The molecule has 3 rings (SSSR count). The highest BCUT2D eigenvalue weighted by Crippen LogP contribution is 2.18. The summed E-state index contributed by atoms with van der Waals surface area (Å²) in [6.45, 7) is 2.51. The third-order valence-corrected chi connectivity index (χ3v) is 5.48. The second-order valence-electron chi connectivity index (χ2n) is 8.13. The lowest BCUT2D eigenvalue weighted by atomic mass is 10.0. The van der Waals surface area contributed by atoms with Crippen molar-refractivity contribution in [2.75, 3.05) is 45.9 Å². The first-order chi connectivity index (χ1) is 17.0. The molecule has 3 amide bonds. The van der Waals surface area contributed by atoms with E-state index >= 15 is 0 Å². The number of aliphatic hydroxyl groups is 1. The Morgan fingerprint density at radius 2 is 1.54 bits per heavy atom. The summed E-state index contributed by atoms with van der Waals surface area (Å²) >= 11 is 0. The van der Waals surface area contributed by atoms with Gasteiger partial charge in [-0.15, -0.1) is 0 Å². The number of alkyl carbamates (subject to hydrolysis) is 1. The van der Waals surface area contributed by atoms with E-state index in [2.05, 4.69) is 20.9 Å². The van der Waals surface area contributed by atoms with Gasteiger partial charge in [-0.25, -0.2) is 4.79 Å². The molecule has 10 heteroatoms. The van der Waals surface area contributed by atoms with Gasteiger partial charge in [0.25, 0.3) is 0 Å². The summed E-state index contributed by atoms with van der Waals surface area (Å²) in [7, 11) is 0. The molecule has 0 aliphatic carbocycles. The molecule has 2 atom stereocenters. The first-order valence-corrected chi connectivity index (χ1v) is 11.5. The lowest BCUT2D eigenvalue weighted by Crippen LogP contribution is -2.52. The van der Waals surface area contributed by atoms with E-state index < -0.39 is 30.1 Å². The fourth-order valence-corrected chi connectivity index (χ4v) is 3.59. The quantitative estimate of drug-likeness (QED) is 0.367. The number of nitrogens with one attached hydrogen (secondary N) is 3. The van der Waals surface area contributed by atoms with Gasteiger partial charge in [-0.3, -0.25) is 14.5 Å². The topological polar surface area (TPSA) is 129 Å². The van der Waals surface area contributed by atoms with E-state index in [1.165, 1.54) is 0 Å². The number of rotatable bonds is 11. The molecule has 10 nitrogen and oxygen atoms in total. The van der Waals surface area contributed by atoms with Gasteiger partial charge in [0.05, 0.1) is 25.8 Å². The molecular formula is C25H32N4O6. The van der Waals surface area contributed by atoms with Crippen LogP contribution in [-0.4, -0.2) is 79.9 Å². The van der Waals surface area contributed by atoms with Gasteiger partial charge in [-0.2, -0.15) is 0 Å². The molecule has 2 unspecified atom stereocenters. The van der Waals surface area contributed by atoms with E-state index in [0.717, 1.165) is 5.56 Å². The van der Waals surface area contributed by atoms with Crippen molar-refractivity contribution in [2.24, 2.45) is 0 Å². The normalized spacial score (nSPS) is 15.5. The Bertz CT molecular complexity index is 937. The Labute approximate surface area is 204 Å². The van der Waals surface area contributed by atoms with Crippen LogP contribution in [0.4, 0.5) is 4.79 Å². The number of hydrogen-bond donors (Lipinski definition) is 4. The fourth-order valence-electron chi connectivity index (χ4n) is 3.59. The molecule has 0 radical (unpaired) electrons. The molecule has 35 heavy (non-hydrogen) atoms. The summed E-state index contributed by atoms with van der Waals surface area (Å²) < 4.78 is 10.4. The predicted molar refractivity (Wildman–Crippen MR) is 128 cm³/mol. The third kappa shape index (κ3) is 9.36. The van der Waals surface area contributed by atoms with Crippen molar-refractivity contribution >= 4 is 17.9 Å². The first kappa shape index (κ1) is 26.1. The van der Waals surface area contributed by atoms with E-state index in [0.29, 0.717) is 38.4 Å². The summed E-state index contributed by atoms with van der Waals surface area (Å²) in [4.78, 5) is 38.5. The molecule has 1 heterocycles. The number of morpholine rings is 1. The van der Waals surface area contributed by atoms with Crippen LogP contribution in [0.3, 0.4) is 0 Å². The number of amides is 3. The zero-order valence-corrected chi connectivity index (χ0v) is 19.5. The molecule has 2 aromatic carbocycles. The van der Waals surface area contributed by atoms with Crippen molar-refractivity contribution in [2.45, 2.75) is 18.8 Å². The van der Waals surface area contributed by atoms with Crippen LogP contribution in [0.15, 0.2) is 60.7 Å². The van der Waals surface area contributed by atoms with Crippen LogP contribution in [0.2, 0.25) is 0 Å². The van der Waals surface area contributed by atoms with E-state index in [1.54, 1.807) is 12.1 Å². The highest BCUT2D eigenvalue weighted by Gasteiger charge is 2.26. The number of benzene rings is 2. The van der Waals surface area contributed by atoms with Gasteiger partial charge < -0.3 is 30.5 Å². The van der Waals surface area contributed by atoms with E-state index in [-0.39, 0.29) is 19.7 Å². The Morgan fingerprint density at radius 3 is 2.23 bits per heavy atom. The smallest absolute Gasteiger partial charge is 0.407 e. The highest BCUT2D eigenvalue weighted by atomic mass is 16.5. The lowest BCUT2D eigenvalue weighted by Gasteiger charge is -2.33. The van der Waals surface area contributed by atoms with Crippen LogP contribution in [-0.2, 0) is 25.7 Å². The fraction of sp³-hybridized carbons (Fsp3) is 0.400. The Morgan fingerprint density at radius 1 is 0.914 bits per heavy atom. The van der Waals surface area contributed by atoms with Crippen molar-refractivity contribution in [3.05, 3.63) is 71.8 Å². The molecule has 1 aliphatic heterocycles. The number of ether oxygens (including phenoxy) is 2. The minimum atomic E-state index is -0.917. The van der Waals surface area contributed by atoms with E-state index in [9.17, 15) is 19.5 Å². The average Bonchev–Trinajstić information content (AvgIpc) is 2.90. The van der Waals surface area contributed by atoms with Gasteiger partial charge in [0.15, 0.2) is 0 Å². The van der Waals surface area contributed by atoms with Gasteiger partial charge in [0.1, 0.15) is 19.3 Å². The molecule has 2 aromatic rings. The highest BCUT2D eigenvalue weighted by molar-refractivity contribution is 5.87. The Kier molecular flexibility index (Phi) is 10.5. The average molecular weight is 485 g/mol. The molecule has 0 saturated carbocycles. The van der Waals surface area contributed by atoms with Gasteiger partial charge >= 0.3 is 6.09 Å².